The Hall–Kier alpha value is 0.650. The molecule has 3 heteroatoms. The third-order valence-corrected chi connectivity index (χ3v) is 3.81. The highest BCUT2D eigenvalue weighted by atomic mass is 127. The number of hydrogen-bond donors (Lipinski definition) is 0. The number of piperazine rings is 1. The predicted molar refractivity (Wildman–Crippen MR) is 66.6 cm³/mol. The Labute approximate surface area is 95.8 Å². The Bertz CT molecular complexity index is 140. The molecule has 1 rings (SSSR count). The van der Waals surface area contributed by atoms with Crippen LogP contribution < -0.4 is 0 Å². The van der Waals surface area contributed by atoms with Gasteiger partial charge in [0, 0.05) is 29.6 Å². The zero-order valence-corrected chi connectivity index (χ0v) is 11.1. The number of rotatable bonds is 3. The van der Waals surface area contributed by atoms with E-state index in [2.05, 4.69) is 53.3 Å². The van der Waals surface area contributed by atoms with Gasteiger partial charge in [-0.25, -0.2) is 0 Å². The summed E-state index contributed by atoms with van der Waals surface area (Å²) in [5.41, 5.74) is 0. The standard InChI is InChI=1S/C10H21IN2/c1-9-7-13(6-4-5-11)8-10(2)12(9)3/h9-10H,4-8H2,1-3H3. The number of hydrogen-bond acceptors (Lipinski definition) is 2. The second-order valence-corrected chi connectivity index (χ2v) is 5.24. The van der Waals surface area contributed by atoms with Crippen molar-refractivity contribution >= 4 is 22.6 Å². The Morgan fingerprint density at radius 1 is 1.23 bits per heavy atom. The molecular weight excluding hydrogens is 275 g/mol. The van der Waals surface area contributed by atoms with Gasteiger partial charge >= 0.3 is 0 Å². The predicted octanol–water partition coefficient (Wildman–Crippen LogP) is 1.84. The van der Waals surface area contributed by atoms with Gasteiger partial charge < -0.3 is 4.90 Å². The minimum Gasteiger partial charge on any atom is -0.300 e. The van der Waals surface area contributed by atoms with Crippen LogP contribution in [0.25, 0.3) is 0 Å². The molecule has 78 valence electrons. The lowest BCUT2D eigenvalue weighted by atomic mass is 10.1. The van der Waals surface area contributed by atoms with Crippen LogP contribution in [0.3, 0.4) is 0 Å². The maximum absolute atomic E-state index is 2.61. The lowest BCUT2D eigenvalue weighted by Crippen LogP contribution is -2.54. The zero-order valence-electron chi connectivity index (χ0n) is 8.96. The van der Waals surface area contributed by atoms with Crippen molar-refractivity contribution in [1.29, 1.82) is 0 Å². The average molecular weight is 296 g/mol. The third kappa shape index (κ3) is 3.36. The number of alkyl halides is 1. The van der Waals surface area contributed by atoms with E-state index in [1.807, 2.05) is 0 Å². The molecule has 0 radical (unpaired) electrons. The molecule has 0 saturated carbocycles. The molecule has 1 fully saturated rings. The van der Waals surface area contributed by atoms with Crippen molar-refractivity contribution < 1.29 is 0 Å². The molecule has 0 bridgehead atoms. The van der Waals surface area contributed by atoms with Gasteiger partial charge in [-0.1, -0.05) is 22.6 Å². The second kappa shape index (κ2) is 5.51. The van der Waals surface area contributed by atoms with Crippen LogP contribution in [0.1, 0.15) is 20.3 Å². The summed E-state index contributed by atoms with van der Waals surface area (Å²) >= 11 is 2.46. The summed E-state index contributed by atoms with van der Waals surface area (Å²) in [6.07, 6.45) is 1.34. The van der Waals surface area contributed by atoms with Crippen molar-refractivity contribution in [3.8, 4) is 0 Å². The van der Waals surface area contributed by atoms with Gasteiger partial charge in [-0.05, 0) is 33.9 Å². The topological polar surface area (TPSA) is 6.48 Å². The van der Waals surface area contributed by atoms with E-state index < -0.39 is 0 Å². The van der Waals surface area contributed by atoms with Gasteiger partial charge in [0.25, 0.3) is 0 Å². The molecule has 2 atom stereocenters. The van der Waals surface area contributed by atoms with E-state index in [4.69, 9.17) is 0 Å². The smallest absolute Gasteiger partial charge is 0.0195 e. The molecule has 2 unspecified atom stereocenters. The highest BCUT2D eigenvalue weighted by molar-refractivity contribution is 14.1. The van der Waals surface area contributed by atoms with Gasteiger partial charge in [0.15, 0.2) is 0 Å². The Balaban J connectivity index is 2.35. The van der Waals surface area contributed by atoms with Crippen LogP contribution >= 0.6 is 22.6 Å². The summed E-state index contributed by atoms with van der Waals surface area (Å²) in [6.45, 7) is 8.43. The van der Waals surface area contributed by atoms with Crippen LogP contribution in [0.4, 0.5) is 0 Å². The van der Waals surface area contributed by atoms with E-state index in [0.29, 0.717) is 0 Å². The van der Waals surface area contributed by atoms with Gasteiger partial charge in [-0.2, -0.15) is 0 Å². The molecule has 0 spiro atoms. The molecule has 0 aromatic heterocycles. The molecule has 0 aromatic rings. The first-order valence-corrected chi connectivity index (χ1v) is 6.68. The largest absolute Gasteiger partial charge is 0.300 e. The van der Waals surface area contributed by atoms with E-state index in [1.54, 1.807) is 0 Å². The minimum atomic E-state index is 0.720. The Kier molecular flexibility index (Phi) is 4.97. The molecule has 13 heavy (non-hydrogen) atoms. The molecule has 1 saturated heterocycles. The van der Waals surface area contributed by atoms with Crippen molar-refractivity contribution in [3.05, 3.63) is 0 Å². The number of halogens is 1. The van der Waals surface area contributed by atoms with Crippen molar-refractivity contribution in [1.82, 2.24) is 9.80 Å². The summed E-state index contributed by atoms with van der Waals surface area (Å²) in [5, 5.41) is 0. The fourth-order valence-corrected chi connectivity index (χ4v) is 2.32. The van der Waals surface area contributed by atoms with Gasteiger partial charge in [0.05, 0.1) is 0 Å². The van der Waals surface area contributed by atoms with Crippen molar-refractivity contribution in [3.63, 3.8) is 0 Å². The first-order valence-electron chi connectivity index (χ1n) is 5.15. The maximum Gasteiger partial charge on any atom is 0.0195 e. The van der Waals surface area contributed by atoms with E-state index in [9.17, 15) is 0 Å². The Morgan fingerprint density at radius 2 is 1.77 bits per heavy atom. The molecule has 1 aliphatic heterocycles. The number of nitrogens with zero attached hydrogens (tertiary/aromatic N) is 2. The molecule has 2 nitrogen and oxygen atoms in total. The number of likely N-dealkylation sites (N-methyl/N-ethyl adjacent to an activating group) is 1. The lowest BCUT2D eigenvalue weighted by Gasteiger charge is -2.42. The van der Waals surface area contributed by atoms with Gasteiger partial charge in [0.2, 0.25) is 0 Å². The van der Waals surface area contributed by atoms with Crippen LogP contribution in [0, 0.1) is 0 Å². The van der Waals surface area contributed by atoms with E-state index in [1.165, 1.54) is 30.5 Å². The highest BCUT2D eigenvalue weighted by Gasteiger charge is 2.25. The van der Waals surface area contributed by atoms with Crippen LogP contribution in [-0.2, 0) is 0 Å². The summed E-state index contributed by atoms with van der Waals surface area (Å²) in [7, 11) is 2.24. The summed E-state index contributed by atoms with van der Waals surface area (Å²) in [5.74, 6) is 0. The molecule has 1 aliphatic rings. The van der Waals surface area contributed by atoms with Crippen LogP contribution in [0.5, 0.6) is 0 Å². The monoisotopic (exact) mass is 296 g/mol. The first kappa shape index (κ1) is 11.7. The molecular formula is C10H21IN2. The molecule has 1 heterocycles. The van der Waals surface area contributed by atoms with Gasteiger partial charge in [0.1, 0.15) is 0 Å². The fraction of sp³-hybridized carbons (Fsp3) is 1.00. The van der Waals surface area contributed by atoms with Gasteiger partial charge in [-0.3, -0.25) is 4.90 Å². The normalized spacial score (nSPS) is 32.3. The Morgan fingerprint density at radius 3 is 2.23 bits per heavy atom. The quantitative estimate of drug-likeness (QED) is 0.579. The molecule has 0 aromatic carbocycles. The third-order valence-electron chi connectivity index (χ3n) is 3.04. The SMILES string of the molecule is CC1CN(CCCI)CC(C)N1C. The van der Waals surface area contributed by atoms with Crippen LogP contribution in [-0.4, -0.2) is 53.0 Å². The van der Waals surface area contributed by atoms with Crippen molar-refractivity contribution in [2.45, 2.75) is 32.4 Å². The summed E-state index contributed by atoms with van der Waals surface area (Å²) in [4.78, 5) is 5.09. The van der Waals surface area contributed by atoms with E-state index >= 15 is 0 Å². The van der Waals surface area contributed by atoms with E-state index in [0.717, 1.165) is 12.1 Å². The average Bonchev–Trinajstić information content (AvgIpc) is 2.10. The fourth-order valence-electron chi connectivity index (χ4n) is 1.98. The maximum atomic E-state index is 2.61. The summed E-state index contributed by atoms with van der Waals surface area (Å²) < 4.78 is 1.28. The lowest BCUT2D eigenvalue weighted by molar-refractivity contribution is 0.0605. The molecule has 0 amide bonds. The minimum absolute atomic E-state index is 0.720. The van der Waals surface area contributed by atoms with Crippen molar-refractivity contribution in [2.75, 3.05) is 31.1 Å². The molecule has 0 aliphatic carbocycles. The highest BCUT2D eigenvalue weighted by Crippen LogP contribution is 2.13. The van der Waals surface area contributed by atoms with Gasteiger partial charge in [-0.15, -0.1) is 0 Å². The first-order chi connectivity index (χ1) is 6.15. The van der Waals surface area contributed by atoms with E-state index in [-0.39, 0.29) is 0 Å². The zero-order chi connectivity index (χ0) is 9.84. The molecule has 0 N–H and O–H groups in total. The second-order valence-electron chi connectivity index (χ2n) is 4.17. The van der Waals surface area contributed by atoms with Crippen LogP contribution in [0.2, 0.25) is 0 Å². The van der Waals surface area contributed by atoms with Crippen LogP contribution in [0.15, 0.2) is 0 Å². The van der Waals surface area contributed by atoms with Crippen molar-refractivity contribution in [2.24, 2.45) is 0 Å². The summed E-state index contributed by atoms with van der Waals surface area (Å²) in [6, 6.07) is 1.44.